The van der Waals surface area contributed by atoms with Gasteiger partial charge in [0.05, 0.1) is 6.61 Å². The van der Waals surface area contributed by atoms with Crippen molar-refractivity contribution in [2.24, 2.45) is 0 Å². The Morgan fingerprint density at radius 1 is 1.48 bits per heavy atom. The monoisotopic (exact) mass is 314 g/mol. The minimum atomic E-state index is -0.580. The zero-order valence-electron chi connectivity index (χ0n) is 13.1. The zero-order valence-corrected chi connectivity index (χ0v) is 14.0. The molecular weight excluding hydrogens is 288 g/mol. The topological polar surface area (TPSA) is 79.9 Å². The zero-order chi connectivity index (χ0) is 15.6. The lowest BCUT2D eigenvalue weighted by Crippen LogP contribution is -2.50. The summed E-state index contributed by atoms with van der Waals surface area (Å²) >= 11 is 1.65. The van der Waals surface area contributed by atoms with E-state index < -0.39 is 5.54 Å². The van der Waals surface area contributed by atoms with E-state index in [1.807, 2.05) is 13.8 Å². The van der Waals surface area contributed by atoms with Gasteiger partial charge in [-0.15, -0.1) is 0 Å². The number of aromatic amines is 1. The number of carbonyl (C=O) groups excluding carboxylic acids is 1. The lowest BCUT2D eigenvalue weighted by atomic mass is 9.95. The molecule has 0 aliphatic rings. The third kappa shape index (κ3) is 6.48. The predicted molar refractivity (Wildman–Crippen MR) is 84.3 cm³/mol. The summed E-state index contributed by atoms with van der Waals surface area (Å²) in [4.78, 5) is 16.2. The van der Waals surface area contributed by atoms with Crippen molar-refractivity contribution in [1.82, 2.24) is 20.5 Å². The lowest BCUT2D eigenvalue weighted by Gasteiger charge is -2.28. The van der Waals surface area contributed by atoms with Crippen LogP contribution in [0.15, 0.2) is 11.5 Å². The molecule has 0 aliphatic heterocycles. The van der Waals surface area contributed by atoms with Crippen LogP contribution in [0.4, 0.5) is 0 Å². The Kier molecular flexibility index (Phi) is 8.37. The summed E-state index contributed by atoms with van der Waals surface area (Å²) in [6.07, 6.45) is 5.27. The van der Waals surface area contributed by atoms with Crippen molar-refractivity contribution in [3.63, 3.8) is 0 Å². The SMILES string of the molecule is CCCNC(C)(CCCCSc1ncn[nH]1)C(=O)OCC. The Morgan fingerprint density at radius 2 is 2.29 bits per heavy atom. The van der Waals surface area contributed by atoms with Crippen molar-refractivity contribution in [2.45, 2.75) is 57.1 Å². The minimum absolute atomic E-state index is 0.152. The number of carbonyl (C=O) groups is 1. The third-order valence-electron chi connectivity index (χ3n) is 3.19. The number of hydrogen-bond acceptors (Lipinski definition) is 6. The van der Waals surface area contributed by atoms with Gasteiger partial charge in [-0.25, -0.2) is 4.98 Å². The number of ether oxygens (including phenoxy) is 1. The second kappa shape index (κ2) is 9.78. The molecular formula is C14H26N4O2S. The number of unbranched alkanes of at least 4 members (excludes halogenated alkanes) is 1. The molecule has 0 aliphatic carbocycles. The highest BCUT2D eigenvalue weighted by Gasteiger charge is 2.33. The van der Waals surface area contributed by atoms with Gasteiger partial charge in [-0.1, -0.05) is 25.1 Å². The van der Waals surface area contributed by atoms with Crippen molar-refractivity contribution in [3.8, 4) is 0 Å². The first kappa shape index (κ1) is 18.0. The first-order valence-corrected chi connectivity index (χ1v) is 8.51. The van der Waals surface area contributed by atoms with Gasteiger partial charge in [0.15, 0.2) is 5.16 Å². The van der Waals surface area contributed by atoms with E-state index in [1.54, 1.807) is 11.8 Å². The Balaban J connectivity index is 2.32. The van der Waals surface area contributed by atoms with Gasteiger partial charge in [0.25, 0.3) is 0 Å². The Hall–Kier alpha value is -1.08. The van der Waals surface area contributed by atoms with Crippen LogP contribution in [0, 0.1) is 0 Å². The van der Waals surface area contributed by atoms with E-state index in [9.17, 15) is 4.79 Å². The molecule has 0 fully saturated rings. The molecule has 1 unspecified atom stereocenters. The highest BCUT2D eigenvalue weighted by atomic mass is 32.2. The summed E-state index contributed by atoms with van der Waals surface area (Å²) < 4.78 is 5.19. The van der Waals surface area contributed by atoms with E-state index in [0.29, 0.717) is 6.61 Å². The fourth-order valence-corrected chi connectivity index (χ4v) is 2.75. The maximum Gasteiger partial charge on any atom is 0.326 e. The second-order valence-electron chi connectivity index (χ2n) is 5.08. The van der Waals surface area contributed by atoms with E-state index in [-0.39, 0.29) is 5.97 Å². The lowest BCUT2D eigenvalue weighted by molar-refractivity contribution is -0.150. The summed E-state index contributed by atoms with van der Waals surface area (Å²) in [5, 5.41) is 10.8. The molecule has 0 radical (unpaired) electrons. The first-order valence-electron chi connectivity index (χ1n) is 7.52. The summed E-state index contributed by atoms with van der Waals surface area (Å²) in [5.41, 5.74) is -0.580. The first-order chi connectivity index (χ1) is 10.1. The number of aromatic nitrogens is 3. The maximum absolute atomic E-state index is 12.1. The molecule has 0 amide bonds. The highest BCUT2D eigenvalue weighted by Crippen LogP contribution is 2.19. The molecule has 0 saturated carbocycles. The quantitative estimate of drug-likeness (QED) is 0.371. The number of H-pyrrole nitrogens is 1. The molecule has 1 atom stereocenters. The van der Waals surface area contributed by atoms with E-state index in [0.717, 1.165) is 43.1 Å². The predicted octanol–water partition coefficient (Wildman–Crippen LogP) is 2.39. The molecule has 1 aromatic heterocycles. The molecule has 1 heterocycles. The van der Waals surface area contributed by atoms with E-state index >= 15 is 0 Å². The van der Waals surface area contributed by atoms with Crippen molar-refractivity contribution in [2.75, 3.05) is 18.9 Å². The molecule has 21 heavy (non-hydrogen) atoms. The third-order valence-corrected chi connectivity index (χ3v) is 4.16. The van der Waals surface area contributed by atoms with E-state index in [1.165, 1.54) is 6.33 Å². The van der Waals surface area contributed by atoms with Gasteiger partial charge in [0.2, 0.25) is 0 Å². The van der Waals surface area contributed by atoms with Crippen LogP contribution in [0.5, 0.6) is 0 Å². The molecule has 1 rings (SSSR count). The number of esters is 1. The average molecular weight is 314 g/mol. The fraction of sp³-hybridized carbons (Fsp3) is 0.786. The Labute approximate surface area is 130 Å². The van der Waals surface area contributed by atoms with Gasteiger partial charge in [-0.3, -0.25) is 9.89 Å². The molecule has 1 aromatic rings. The maximum atomic E-state index is 12.1. The summed E-state index contributed by atoms with van der Waals surface area (Å²) in [7, 11) is 0. The number of rotatable bonds is 11. The molecule has 0 saturated heterocycles. The van der Waals surface area contributed by atoms with Gasteiger partial charge >= 0.3 is 5.97 Å². The van der Waals surface area contributed by atoms with Crippen LogP contribution >= 0.6 is 11.8 Å². The molecule has 0 bridgehead atoms. The standard InChI is InChI=1S/C14H26N4O2S/c1-4-9-16-14(3,12(19)20-5-2)8-6-7-10-21-13-15-11-17-18-13/h11,16H,4-10H2,1-3H3,(H,15,17,18). The van der Waals surface area contributed by atoms with Crippen LogP contribution in [0.1, 0.15) is 46.5 Å². The summed E-state index contributed by atoms with van der Waals surface area (Å²) in [6.45, 7) is 7.11. The van der Waals surface area contributed by atoms with Gasteiger partial charge in [0, 0.05) is 5.75 Å². The van der Waals surface area contributed by atoms with Crippen LogP contribution in [0.3, 0.4) is 0 Å². The fourth-order valence-electron chi connectivity index (χ4n) is 1.97. The van der Waals surface area contributed by atoms with Crippen LogP contribution in [-0.2, 0) is 9.53 Å². The molecule has 2 N–H and O–H groups in total. The Morgan fingerprint density at radius 3 is 2.90 bits per heavy atom. The van der Waals surface area contributed by atoms with Gasteiger partial charge in [-0.2, -0.15) is 5.10 Å². The van der Waals surface area contributed by atoms with Crippen LogP contribution < -0.4 is 5.32 Å². The van der Waals surface area contributed by atoms with Crippen LogP contribution in [0.25, 0.3) is 0 Å². The van der Waals surface area contributed by atoms with Crippen LogP contribution in [-0.4, -0.2) is 45.6 Å². The summed E-state index contributed by atoms with van der Waals surface area (Å²) in [6, 6.07) is 0. The largest absolute Gasteiger partial charge is 0.465 e. The smallest absolute Gasteiger partial charge is 0.326 e. The van der Waals surface area contributed by atoms with Gasteiger partial charge < -0.3 is 10.1 Å². The minimum Gasteiger partial charge on any atom is -0.465 e. The molecule has 120 valence electrons. The molecule has 6 nitrogen and oxygen atoms in total. The van der Waals surface area contributed by atoms with E-state index in [4.69, 9.17) is 4.74 Å². The summed E-state index contributed by atoms with van der Waals surface area (Å²) in [5.74, 6) is 0.809. The average Bonchev–Trinajstić information content (AvgIpc) is 2.98. The molecule has 0 aromatic carbocycles. The number of thioether (sulfide) groups is 1. The van der Waals surface area contributed by atoms with Gasteiger partial charge in [-0.05, 0) is 39.7 Å². The molecule has 7 heteroatoms. The Bertz CT molecular complexity index is 400. The van der Waals surface area contributed by atoms with Crippen molar-refractivity contribution in [3.05, 3.63) is 6.33 Å². The normalized spacial score (nSPS) is 13.9. The van der Waals surface area contributed by atoms with Crippen LogP contribution in [0.2, 0.25) is 0 Å². The van der Waals surface area contributed by atoms with Crippen molar-refractivity contribution < 1.29 is 9.53 Å². The number of hydrogen-bond donors (Lipinski definition) is 2. The number of nitrogens with zero attached hydrogens (tertiary/aromatic N) is 2. The van der Waals surface area contributed by atoms with Gasteiger partial charge in [0.1, 0.15) is 11.9 Å². The highest BCUT2D eigenvalue weighted by molar-refractivity contribution is 7.99. The van der Waals surface area contributed by atoms with E-state index in [2.05, 4.69) is 27.4 Å². The number of nitrogens with one attached hydrogen (secondary N) is 2. The van der Waals surface area contributed by atoms with Crippen molar-refractivity contribution in [1.29, 1.82) is 0 Å². The molecule has 0 spiro atoms. The second-order valence-corrected chi connectivity index (χ2v) is 6.16. The van der Waals surface area contributed by atoms with Crippen molar-refractivity contribution >= 4 is 17.7 Å².